The Balaban J connectivity index is 2.41. The third-order valence-corrected chi connectivity index (χ3v) is 2.07. The van der Waals surface area contributed by atoms with Gasteiger partial charge in [-0.25, -0.2) is 0 Å². The molecule has 0 bridgehead atoms. The average Bonchev–Trinajstić information content (AvgIpc) is 2.71. The Morgan fingerprint density at radius 3 is 2.77 bits per heavy atom. The maximum absolute atomic E-state index is 5.56. The quantitative estimate of drug-likeness (QED) is 0.716. The van der Waals surface area contributed by atoms with Crippen LogP contribution in [0.1, 0.15) is 5.56 Å². The van der Waals surface area contributed by atoms with Gasteiger partial charge in [0.1, 0.15) is 0 Å². The number of nitrogens with two attached hydrogens (primary N) is 1. The van der Waals surface area contributed by atoms with Gasteiger partial charge >= 0.3 is 0 Å². The second-order valence-corrected chi connectivity index (χ2v) is 2.99. The summed E-state index contributed by atoms with van der Waals surface area (Å²) in [6, 6.07) is 12.3. The first-order valence-electron chi connectivity index (χ1n) is 4.33. The maximum Gasteiger partial charge on any atom is 0.0453 e. The molecule has 0 aliphatic heterocycles. The summed E-state index contributed by atoms with van der Waals surface area (Å²) in [5.41, 5.74) is 9.04. The Bertz CT molecular complexity index is 377. The predicted molar refractivity (Wildman–Crippen MR) is 54.1 cm³/mol. The number of rotatable bonds is 2. The molecule has 66 valence electrons. The van der Waals surface area contributed by atoms with E-state index in [9.17, 15) is 0 Å². The minimum Gasteiger partial charge on any atom is -0.361 e. The highest BCUT2D eigenvalue weighted by atomic mass is 14.7. The molecule has 0 spiro atoms. The van der Waals surface area contributed by atoms with E-state index in [1.165, 1.54) is 5.56 Å². The van der Waals surface area contributed by atoms with Crippen LogP contribution in [-0.4, -0.2) is 4.98 Å². The standard InChI is InChI=1S/C11H12N2/c12-8-9-3-1-4-10(7-9)11-5-2-6-13-11/h1-7,13H,8,12H2. The highest BCUT2D eigenvalue weighted by Gasteiger charge is 1.97. The van der Waals surface area contributed by atoms with Gasteiger partial charge in [-0.1, -0.05) is 18.2 Å². The lowest BCUT2D eigenvalue weighted by atomic mass is 10.1. The summed E-state index contributed by atoms with van der Waals surface area (Å²) < 4.78 is 0. The van der Waals surface area contributed by atoms with E-state index in [0.29, 0.717) is 6.54 Å². The second-order valence-electron chi connectivity index (χ2n) is 2.99. The average molecular weight is 172 g/mol. The SMILES string of the molecule is NCc1cccc(-c2ccc[nH]2)c1. The van der Waals surface area contributed by atoms with Crippen molar-refractivity contribution in [1.29, 1.82) is 0 Å². The van der Waals surface area contributed by atoms with Crippen LogP contribution >= 0.6 is 0 Å². The lowest BCUT2D eigenvalue weighted by Gasteiger charge is -2.00. The van der Waals surface area contributed by atoms with Crippen LogP contribution in [0.5, 0.6) is 0 Å². The van der Waals surface area contributed by atoms with Crippen molar-refractivity contribution in [3.63, 3.8) is 0 Å². The summed E-state index contributed by atoms with van der Waals surface area (Å²) in [5, 5.41) is 0. The molecule has 1 aromatic carbocycles. The minimum absolute atomic E-state index is 0.592. The van der Waals surface area contributed by atoms with Gasteiger partial charge in [-0.05, 0) is 29.3 Å². The molecule has 0 saturated heterocycles. The largest absolute Gasteiger partial charge is 0.361 e. The van der Waals surface area contributed by atoms with E-state index in [1.54, 1.807) is 0 Å². The molecule has 13 heavy (non-hydrogen) atoms. The van der Waals surface area contributed by atoms with Gasteiger partial charge in [-0.2, -0.15) is 0 Å². The Hall–Kier alpha value is -1.54. The minimum atomic E-state index is 0.592. The molecule has 0 saturated carbocycles. The first-order chi connectivity index (χ1) is 6.40. The summed E-state index contributed by atoms with van der Waals surface area (Å²) in [6.07, 6.45) is 1.92. The Kier molecular flexibility index (Phi) is 2.15. The van der Waals surface area contributed by atoms with Crippen molar-refractivity contribution in [3.05, 3.63) is 48.2 Å². The predicted octanol–water partition coefficient (Wildman–Crippen LogP) is 2.14. The lowest BCUT2D eigenvalue weighted by molar-refractivity contribution is 1.07. The van der Waals surface area contributed by atoms with Crippen molar-refractivity contribution in [2.75, 3.05) is 0 Å². The van der Waals surface area contributed by atoms with Crippen LogP contribution in [0.3, 0.4) is 0 Å². The molecule has 0 unspecified atom stereocenters. The van der Waals surface area contributed by atoms with E-state index in [-0.39, 0.29) is 0 Å². The van der Waals surface area contributed by atoms with Crippen molar-refractivity contribution in [2.45, 2.75) is 6.54 Å². The van der Waals surface area contributed by atoms with E-state index in [1.807, 2.05) is 24.4 Å². The molecule has 1 heterocycles. The van der Waals surface area contributed by atoms with E-state index < -0.39 is 0 Å². The van der Waals surface area contributed by atoms with E-state index in [4.69, 9.17) is 5.73 Å². The number of hydrogen-bond acceptors (Lipinski definition) is 1. The number of benzene rings is 1. The third kappa shape index (κ3) is 1.63. The molecular weight excluding hydrogens is 160 g/mol. The fourth-order valence-electron chi connectivity index (χ4n) is 1.38. The zero-order valence-corrected chi connectivity index (χ0v) is 7.33. The normalized spacial score (nSPS) is 10.2. The van der Waals surface area contributed by atoms with Crippen LogP contribution in [0.25, 0.3) is 11.3 Å². The summed E-state index contributed by atoms with van der Waals surface area (Å²) in [4.78, 5) is 3.16. The molecular formula is C11H12N2. The van der Waals surface area contributed by atoms with Crippen molar-refractivity contribution in [2.24, 2.45) is 5.73 Å². The van der Waals surface area contributed by atoms with Crippen molar-refractivity contribution >= 4 is 0 Å². The smallest absolute Gasteiger partial charge is 0.0453 e. The first kappa shape index (κ1) is 8.08. The molecule has 0 aliphatic carbocycles. The van der Waals surface area contributed by atoms with Crippen LogP contribution in [-0.2, 0) is 6.54 Å². The zero-order chi connectivity index (χ0) is 9.10. The highest BCUT2D eigenvalue weighted by molar-refractivity contribution is 5.60. The van der Waals surface area contributed by atoms with Gasteiger partial charge < -0.3 is 10.7 Å². The van der Waals surface area contributed by atoms with Gasteiger partial charge in [0.25, 0.3) is 0 Å². The van der Waals surface area contributed by atoms with Gasteiger partial charge in [0, 0.05) is 18.4 Å². The van der Waals surface area contributed by atoms with Crippen LogP contribution in [0.4, 0.5) is 0 Å². The van der Waals surface area contributed by atoms with E-state index in [2.05, 4.69) is 23.2 Å². The van der Waals surface area contributed by atoms with Gasteiger partial charge in [0.2, 0.25) is 0 Å². The molecule has 2 heteroatoms. The van der Waals surface area contributed by atoms with Gasteiger partial charge in [0.05, 0.1) is 0 Å². The topological polar surface area (TPSA) is 41.8 Å². The molecule has 0 fully saturated rings. The number of aromatic amines is 1. The molecule has 0 radical (unpaired) electrons. The first-order valence-corrected chi connectivity index (χ1v) is 4.33. The molecule has 2 nitrogen and oxygen atoms in total. The van der Waals surface area contributed by atoms with Crippen molar-refractivity contribution < 1.29 is 0 Å². The number of H-pyrrole nitrogens is 1. The zero-order valence-electron chi connectivity index (χ0n) is 7.33. The third-order valence-electron chi connectivity index (χ3n) is 2.07. The van der Waals surface area contributed by atoms with Gasteiger partial charge in [0.15, 0.2) is 0 Å². The van der Waals surface area contributed by atoms with Gasteiger partial charge in [-0.3, -0.25) is 0 Å². The Morgan fingerprint density at radius 1 is 1.15 bits per heavy atom. The van der Waals surface area contributed by atoms with E-state index in [0.717, 1.165) is 11.3 Å². The molecule has 0 atom stereocenters. The van der Waals surface area contributed by atoms with Crippen LogP contribution in [0.15, 0.2) is 42.6 Å². The van der Waals surface area contributed by atoms with Crippen LogP contribution in [0, 0.1) is 0 Å². The summed E-state index contributed by atoms with van der Waals surface area (Å²) in [7, 11) is 0. The van der Waals surface area contributed by atoms with Crippen LogP contribution < -0.4 is 5.73 Å². The number of hydrogen-bond donors (Lipinski definition) is 2. The number of nitrogens with one attached hydrogen (secondary N) is 1. The summed E-state index contributed by atoms with van der Waals surface area (Å²) in [6.45, 7) is 0.592. The molecule has 0 aliphatic rings. The summed E-state index contributed by atoms with van der Waals surface area (Å²) in [5.74, 6) is 0. The number of aromatic nitrogens is 1. The van der Waals surface area contributed by atoms with Gasteiger partial charge in [-0.15, -0.1) is 0 Å². The molecule has 1 aromatic heterocycles. The Labute approximate surface area is 77.4 Å². The second kappa shape index (κ2) is 3.46. The van der Waals surface area contributed by atoms with E-state index >= 15 is 0 Å². The van der Waals surface area contributed by atoms with Crippen LogP contribution in [0.2, 0.25) is 0 Å². The van der Waals surface area contributed by atoms with Crippen molar-refractivity contribution in [1.82, 2.24) is 4.98 Å². The fourth-order valence-corrected chi connectivity index (χ4v) is 1.38. The lowest BCUT2D eigenvalue weighted by Crippen LogP contribution is -1.95. The monoisotopic (exact) mass is 172 g/mol. The summed E-state index contributed by atoms with van der Waals surface area (Å²) >= 11 is 0. The highest BCUT2D eigenvalue weighted by Crippen LogP contribution is 2.17. The molecule has 2 rings (SSSR count). The fraction of sp³-hybridized carbons (Fsp3) is 0.0909. The molecule has 2 aromatic rings. The Morgan fingerprint density at radius 2 is 2.08 bits per heavy atom. The molecule has 3 N–H and O–H groups in total. The molecule has 0 amide bonds. The van der Waals surface area contributed by atoms with Crippen molar-refractivity contribution in [3.8, 4) is 11.3 Å². The maximum atomic E-state index is 5.56.